The number of rotatable bonds is 3. The number of benzene rings is 2. The average Bonchev–Trinajstić information content (AvgIpc) is 2.68. The van der Waals surface area contributed by atoms with E-state index in [1.807, 2.05) is 42.5 Å². The zero-order valence-electron chi connectivity index (χ0n) is 15.7. The molecule has 1 heterocycles. The van der Waals surface area contributed by atoms with Gasteiger partial charge in [-0.15, -0.1) is 0 Å². The molecule has 0 fully saturated rings. The standard InChI is InChI=1S/C22H19F3N2O/c1-13-19(22(23,24)25)18(21(28)26-3)14(2)27-20(13)17-12-8-7-11-16(17)15-9-5-4-6-10-15/h4-12H,1-3H3,(H,26,28). The monoisotopic (exact) mass is 384 g/mol. The lowest BCUT2D eigenvalue weighted by molar-refractivity contribution is -0.138. The van der Waals surface area contributed by atoms with Gasteiger partial charge in [-0.05, 0) is 30.5 Å². The van der Waals surface area contributed by atoms with E-state index >= 15 is 0 Å². The van der Waals surface area contributed by atoms with Crippen molar-refractivity contribution >= 4 is 5.91 Å². The second-order valence-corrected chi connectivity index (χ2v) is 6.41. The Labute approximate surface area is 161 Å². The number of hydrogen-bond donors (Lipinski definition) is 1. The topological polar surface area (TPSA) is 42.0 Å². The van der Waals surface area contributed by atoms with Crippen molar-refractivity contribution in [2.24, 2.45) is 0 Å². The summed E-state index contributed by atoms with van der Waals surface area (Å²) in [6.07, 6.45) is -4.68. The maximum absolute atomic E-state index is 13.9. The minimum absolute atomic E-state index is 0.0372. The van der Waals surface area contributed by atoms with Gasteiger partial charge >= 0.3 is 6.18 Å². The van der Waals surface area contributed by atoms with Gasteiger partial charge in [0.2, 0.25) is 0 Å². The number of amides is 1. The number of carbonyl (C=O) groups is 1. The van der Waals surface area contributed by atoms with Gasteiger partial charge in [0.25, 0.3) is 5.91 Å². The van der Waals surface area contributed by atoms with Crippen molar-refractivity contribution < 1.29 is 18.0 Å². The number of aryl methyl sites for hydroxylation is 1. The number of aromatic nitrogens is 1. The van der Waals surface area contributed by atoms with Gasteiger partial charge < -0.3 is 5.32 Å². The number of hydrogen-bond acceptors (Lipinski definition) is 2. The van der Waals surface area contributed by atoms with Crippen molar-refractivity contribution in [3.05, 3.63) is 77.0 Å². The number of carbonyl (C=O) groups excluding carboxylic acids is 1. The number of alkyl halides is 3. The summed E-state index contributed by atoms with van der Waals surface area (Å²) in [7, 11) is 1.30. The van der Waals surface area contributed by atoms with Gasteiger partial charge in [-0.25, -0.2) is 0 Å². The number of nitrogens with one attached hydrogen (secondary N) is 1. The summed E-state index contributed by atoms with van der Waals surface area (Å²) in [6.45, 7) is 2.78. The van der Waals surface area contributed by atoms with Gasteiger partial charge in [-0.3, -0.25) is 9.78 Å². The van der Waals surface area contributed by atoms with Crippen molar-refractivity contribution in [3.8, 4) is 22.4 Å². The molecule has 1 aromatic heterocycles. The van der Waals surface area contributed by atoms with E-state index in [9.17, 15) is 18.0 Å². The van der Waals surface area contributed by atoms with Crippen molar-refractivity contribution in [2.75, 3.05) is 7.05 Å². The Morgan fingerprint density at radius 2 is 1.50 bits per heavy atom. The van der Waals surface area contributed by atoms with E-state index in [4.69, 9.17) is 0 Å². The third-order valence-electron chi connectivity index (χ3n) is 4.63. The highest BCUT2D eigenvalue weighted by Crippen LogP contribution is 2.41. The first-order chi connectivity index (χ1) is 13.3. The first-order valence-electron chi connectivity index (χ1n) is 8.71. The molecule has 0 radical (unpaired) electrons. The lowest BCUT2D eigenvalue weighted by atomic mass is 9.91. The van der Waals surface area contributed by atoms with E-state index in [0.717, 1.165) is 11.1 Å². The van der Waals surface area contributed by atoms with Crippen LogP contribution in [0.25, 0.3) is 22.4 Å². The fourth-order valence-electron chi connectivity index (χ4n) is 3.37. The first-order valence-corrected chi connectivity index (χ1v) is 8.71. The van der Waals surface area contributed by atoms with E-state index in [2.05, 4.69) is 10.3 Å². The van der Waals surface area contributed by atoms with Gasteiger partial charge in [0.1, 0.15) is 0 Å². The van der Waals surface area contributed by atoms with Crippen LogP contribution in [-0.4, -0.2) is 17.9 Å². The molecule has 0 aliphatic carbocycles. The Bertz CT molecular complexity index is 1030. The third-order valence-corrected chi connectivity index (χ3v) is 4.63. The molecule has 1 amide bonds. The molecule has 3 rings (SSSR count). The third kappa shape index (κ3) is 3.50. The summed E-state index contributed by atoms with van der Waals surface area (Å²) < 4.78 is 41.7. The second-order valence-electron chi connectivity index (χ2n) is 6.41. The van der Waals surface area contributed by atoms with Crippen LogP contribution < -0.4 is 5.32 Å². The van der Waals surface area contributed by atoms with Gasteiger partial charge in [-0.2, -0.15) is 13.2 Å². The summed E-state index contributed by atoms with van der Waals surface area (Å²) in [4.78, 5) is 16.6. The first kappa shape index (κ1) is 19.6. The Morgan fingerprint density at radius 3 is 2.07 bits per heavy atom. The number of pyridine rings is 1. The van der Waals surface area contributed by atoms with Gasteiger partial charge in [-0.1, -0.05) is 54.6 Å². The molecule has 1 N–H and O–H groups in total. The van der Waals surface area contributed by atoms with Crippen molar-refractivity contribution in [2.45, 2.75) is 20.0 Å². The Balaban J connectivity index is 2.35. The Morgan fingerprint density at radius 1 is 0.929 bits per heavy atom. The molecule has 0 bridgehead atoms. The van der Waals surface area contributed by atoms with Crippen LogP contribution in [0.3, 0.4) is 0 Å². The van der Waals surface area contributed by atoms with Crippen LogP contribution in [0.15, 0.2) is 54.6 Å². The minimum atomic E-state index is -4.68. The largest absolute Gasteiger partial charge is 0.417 e. The van der Waals surface area contributed by atoms with Gasteiger partial charge in [0.15, 0.2) is 0 Å². The van der Waals surface area contributed by atoms with E-state index in [0.29, 0.717) is 5.56 Å². The summed E-state index contributed by atoms with van der Waals surface area (Å²) >= 11 is 0. The zero-order valence-corrected chi connectivity index (χ0v) is 15.7. The van der Waals surface area contributed by atoms with E-state index in [1.165, 1.54) is 20.9 Å². The molecular weight excluding hydrogens is 365 g/mol. The maximum Gasteiger partial charge on any atom is 0.417 e. The summed E-state index contributed by atoms with van der Waals surface area (Å²) in [5.41, 5.74) is 1.04. The Kier molecular flexibility index (Phi) is 5.23. The zero-order chi connectivity index (χ0) is 20.5. The quantitative estimate of drug-likeness (QED) is 0.656. The lowest BCUT2D eigenvalue weighted by Gasteiger charge is -2.20. The minimum Gasteiger partial charge on any atom is -0.355 e. The number of halogens is 3. The molecule has 6 heteroatoms. The van der Waals surface area contributed by atoms with Crippen LogP contribution in [0.1, 0.15) is 27.2 Å². The smallest absolute Gasteiger partial charge is 0.355 e. The highest BCUT2D eigenvalue weighted by Gasteiger charge is 2.39. The van der Waals surface area contributed by atoms with Crippen LogP contribution in [0.4, 0.5) is 13.2 Å². The molecule has 0 aliphatic rings. The molecule has 3 nitrogen and oxygen atoms in total. The molecule has 3 aromatic rings. The molecular formula is C22H19F3N2O. The molecule has 0 unspecified atom stereocenters. The van der Waals surface area contributed by atoms with Crippen molar-refractivity contribution in [1.82, 2.24) is 10.3 Å². The molecule has 0 saturated carbocycles. The molecule has 0 saturated heterocycles. The highest BCUT2D eigenvalue weighted by molar-refractivity contribution is 5.98. The number of nitrogens with zero attached hydrogens (tertiary/aromatic N) is 1. The molecule has 144 valence electrons. The van der Waals surface area contributed by atoms with Crippen molar-refractivity contribution in [1.29, 1.82) is 0 Å². The second kappa shape index (κ2) is 7.46. The van der Waals surface area contributed by atoms with E-state index < -0.39 is 23.2 Å². The van der Waals surface area contributed by atoms with Crippen LogP contribution in [-0.2, 0) is 6.18 Å². The van der Waals surface area contributed by atoms with Gasteiger partial charge in [0, 0.05) is 12.6 Å². The van der Waals surface area contributed by atoms with E-state index in [-0.39, 0.29) is 17.0 Å². The molecule has 0 aliphatic heterocycles. The summed E-state index contributed by atoms with van der Waals surface area (Å²) in [5, 5.41) is 2.28. The lowest BCUT2D eigenvalue weighted by Crippen LogP contribution is -2.26. The van der Waals surface area contributed by atoms with Crippen LogP contribution in [0.5, 0.6) is 0 Å². The predicted octanol–water partition coefficient (Wildman–Crippen LogP) is 5.41. The van der Waals surface area contributed by atoms with Crippen LogP contribution in [0, 0.1) is 13.8 Å². The average molecular weight is 384 g/mol. The summed E-state index contributed by atoms with van der Waals surface area (Å²) in [6, 6.07) is 16.6. The molecule has 0 atom stereocenters. The highest BCUT2D eigenvalue weighted by atomic mass is 19.4. The van der Waals surface area contributed by atoms with Crippen molar-refractivity contribution in [3.63, 3.8) is 0 Å². The molecule has 28 heavy (non-hydrogen) atoms. The Hall–Kier alpha value is -3.15. The summed E-state index contributed by atoms with van der Waals surface area (Å²) in [5.74, 6) is -0.802. The maximum atomic E-state index is 13.9. The van der Waals surface area contributed by atoms with E-state index in [1.54, 1.807) is 12.1 Å². The molecule has 0 spiro atoms. The molecule has 2 aromatic carbocycles. The SMILES string of the molecule is CNC(=O)c1c(C)nc(-c2ccccc2-c2ccccc2)c(C)c1C(F)(F)F. The predicted molar refractivity (Wildman–Crippen MR) is 103 cm³/mol. The fraction of sp³-hybridized carbons (Fsp3) is 0.182. The normalized spacial score (nSPS) is 11.4. The van der Waals surface area contributed by atoms with Crippen LogP contribution in [0.2, 0.25) is 0 Å². The van der Waals surface area contributed by atoms with Gasteiger partial charge in [0.05, 0.1) is 22.5 Å². The van der Waals surface area contributed by atoms with Crippen LogP contribution >= 0.6 is 0 Å². The fourth-order valence-corrected chi connectivity index (χ4v) is 3.37.